The average molecular weight is 266 g/mol. The van der Waals surface area contributed by atoms with E-state index in [2.05, 4.69) is 65.2 Å². The van der Waals surface area contributed by atoms with Gasteiger partial charge in [0.1, 0.15) is 0 Å². The van der Waals surface area contributed by atoms with E-state index >= 15 is 0 Å². The van der Waals surface area contributed by atoms with Crippen molar-refractivity contribution in [1.82, 2.24) is 4.98 Å². The minimum absolute atomic E-state index is 0.310. The van der Waals surface area contributed by atoms with Crippen molar-refractivity contribution in [2.24, 2.45) is 5.41 Å². The molecular formula is C13H16BrN. The van der Waals surface area contributed by atoms with Crippen molar-refractivity contribution in [2.45, 2.75) is 20.3 Å². The lowest BCUT2D eigenvalue weighted by atomic mass is 9.88. The Bertz CT molecular complexity index is 456. The van der Waals surface area contributed by atoms with Crippen LogP contribution >= 0.6 is 15.9 Å². The van der Waals surface area contributed by atoms with Crippen molar-refractivity contribution in [2.75, 3.05) is 5.33 Å². The first-order chi connectivity index (χ1) is 7.12. The van der Waals surface area contributed by atoms with Crippen molar-refractivity contribution in [3.8, 4) is 0 Å². The lowest BCUT2D eigenvalue weighted by Crippen LogP contribution is -2.16. The summed E-state index contributed by atoms with van der Waals surface area (Å²) in [7, 11) is 0. The molecule has 0 aliphatic heterocycles. The SMILES string of the molecule is CC(C)(CBr)Cc1c[nH]c2ccccc12. The minimum atomic E-state index is 0.310. The molecule has 0 spiro atoms. The molecule has 15 heavy (non-hydrogen) atoms. The molecule has 0 saturated carbocycles. The van der Waals surface area contributed by atoms with E-state index in [0.717, 1.165) is 11.8 Å². The van der Waals surface area contributed by atoms with E-state index in [-0.39, 0.29) is 0 Å². The zero-order valence-electron chi connectivity index (χ0n) is 9.18. The van der Waals surface area contributed by atoms with E-state index < -0.39 is 0 Å². The third-order valence-corrected chi connectivity index (χ3v) is 4.22. The highest BCUT2D eigenvalue weighted by Gasteiger charge is 2.18. The lowest BCUT2D eigenvalue weighted by molar-refractivity contribution is 0.426. The molecule has 0 unspecified atom stereocenters. The number of fused-ring (bicyclic) bond motifs is 1. The molecule has 0 atom stereocenters. The summed E-state index contributed by atoms with van der Waals surface area (Å²) in [6, 6.07) is 8.48. The Kier molecular flexibility index (Phi) is 2.87. The van der Waals surface area contributed by atoms with Gasteiger partial charge in [0, 0.05) is 22.4 Å². The van der Waals surface area contributed by atoms with Crippen molar-refractivity contribution >= 4 is 26.8 Å². The fraction of sp³-hybridized carbons (Fsp3) is 0.385. The highest BCUT2D eigenvalue weighted by molar-refractivity contribution is 9.09. The maximum atomic E-state index is 3.57. The molecule has 0 fully saturated rings. The fourth-order valence-corrected chi connectivity index (χ4v) is 2.04. The molecule has 1 aromatic heterocycles. The summed E-state index contributed by atoms with van der Waals surface area (Å²) in [5.74, 6) is 0. The van der Waals surface area contributed by atoms with Gasteiger partial charge in [0.15, 0.2) is 0 Å². The monoisotopic (exact) mass is 265 g/mol. The average Bonchev–Trinajstić information content (AvgIpc) is 2.62. The standard InChI is InChI=1S/C13H16BrN/c1-13(2,9-14)7-10-8-15-12-6-4-3-5-11(10)12/h3-6,8,15H,7,9H2,1-2H3. The van der Waals surface area contributed by atoms with Crippen LogP contribution in [0.3, 0.4) is 0 Å². The summed E-state index contributed by atoms with van der Waals surface area (Å²) in [5, 5.41) is 2.38. The number of nitrogens with one attached hydrogen (secondary N) is 1. The predicted molar refractivity (Wildman–Crippen MR) is 69.6 cm³/mol. The van der Waals surface area contributed by atoms with E-state index in [1.165, 1.54) is 16.5 Å². The number of halogens is 1. The third-order valence-electron chi connectivity index (χ3n) is 2.71. The van der Waals surface area contributed by atoms with Gasteiger partial charge in [-0.2, -0.15) is 0 Å². The zero-order valence-corrected chi connectivity index (χ0v) is 10.8. The largest absolute Gasteiger partial charge is 0.361 e. The highest BCUT2D eigenvalue weighted by atomic mass is 79.9. The van der Waals surface area contributed by atoms with Crippen LogP contribution in [0.1, 0.15) is 19.4 Å². The number of aromatic amines is 1. The molecule has 0 bridgehead atoms. The van der Waals surface area contributed by atoms with Gasteiger partial charge in [-0.25, -0.2) is 0 Å². The molecule has 80 valence electrons. The van der Waals surface area contributed by atoms with Gasteiger partial charge in [0.05, 0.1) is 0 Å². The Morgan fingerprint density at radius 2 is 2.00 bits per heavy atom. The van der Waals surface area contributed by atoms with E-state index in [4.69, 9.17) is 0 Å². The molecular weight excluding hydrogens is 250 g/mol. The number of aromatic nitrogens is 1. The first-order valence-electron chi connectivity index (χ1n) is 5.23. The summed E-state index contributed by atoms with van der Waals surface area (Å²) >= 11 is 3.57. The van der Waals surface area contributed by atoms with Gasteiger partial charge >= 0.3 is 0 Å². The topological polar surface area (TPSA) is 15.8 Å². The van der Waals surface area contributed by atoms with Crippen LogP contribution < -0.4 is 0 Å². The van der Waals surface area contributed by atoms with E-state index in [1.807, 2.05) is 0 Å². The Morgan fingerprint density at radius 3 is 2.73 bits per heavy atom. The van der Waals surface area contributed by atoms with Gasteiger partial charge in [-0.3, -0.25) is 0 Å². The molecule has 1 heterocycles. The molecule has 1 aromatic carbocycles. The van der Waals surface area contributed by atoms with Crippen LogP contribution in [0.15, 0.2) is 30.5 Å². The summed E-state index contributed by atoms with van der Waals surface area (Å²) < 4.78 is 0. The van der Waals surface area contributed by atoms with Gasteiger partial charge in [-0.05, 0) is 23.5 Å². The van der Waals surface area contributed by atoms with Gasteiger partial charge in [-0.1, -0.05) is 48.0 Å². The highest BCUT2D eigenvalue weighted by Crippen LogP contribution is 2.28. The molecule has 2 aromatic rings. The quantitative estimate of drug-likeness (QED) is 0.804. The van der Waals surface area contributed by atoms with Crippen LogP contribution in [-0.2, 0) is 6.42 Å². The van der Waals surface area contributed by atoms with Crippen LogP contribution in [0.2, 0.25) is 0 Å². The lowest BCUT2D eigenvalue weighted by Gasteiger charge is -2.20. The molecule has 0 radical (unpaired) electrons. The molecule has 0 aliphatic rings. The van der Waals surface area contributed by atoms with Gasteiger partial charge < -0.3 is 4.98 Å². The summed E-state index contributed by atoms with van der Waals surface area (Å²) in [5.41, 5.74) is 2.96. The number of H-pyrrole nitrogens is 1. The minimum Gasteiger partial charge on any atom is -0.361 e. The summed E-state index contributed by atoms with van der Waals surface area (Å²) in [6.45, 7) is 4.56. The maximum Gasteiger partial charge on any atom is 0.0456 e. The Morgan fingerprint density at radius 1 is 1.27 bits per heavy atom. The summed E-state index contributed by atoms with van der Waals surface area (Å²) in [4.78, 5) is 3.32. The number of rotatable bonds is 3. The number of para-hydroxylation sites is 1. The number of hydrogen-bond acceptors (Lipinski definition) is 0. The molecule has 0 saturated heterocycles. The Hall–Kier alpha value is -0.760. The Balaban J connectivity index is 2.37. The third kappa shape index (κ3) is 2.25. The van der Waals surface area contributed by atoms with Crippen LogP contribution in [-0.4, -0.2) is 10.3 Å². The van der Waals surface area contributed by atoms with Crippen LogP contribution in [0.4, 0.5) is 0 Å². The number of alkyl halides is 1. The molecule has 0 amide bonds. The Labute approximate surface area is 99.0 Å². The molecule has 2 rings (SSSR count). The normalized spacial score (nSPS) is 12.2. The van der Waals surface area contributed by atoms with Gasteiger partial charge in [-0.15, -0.1) is 0 Å². The smallest absolute Gasteiger partial charge is 0.0456 e. The molecule has 1 nitrogen and oxygen atoms in total. The second-order valence-electron chi connectivity index (χ2n) is 4.83. The first kappa shape index (κ1) is 10.7. The van der Waals surface area contributed by atoms with Crippen molar-refractivity contribution < 1.29 is 0 Å². The van der Waals surface area contributed by atoms with E-state index in [9.17, 15) is 0 Å². The fourth-order valence-electron chi connectivity index (χ4n) is 1.84. The first-order valence-corrected chi connectivity index (χ1v) is 6.35. The second-order valence-corrected chi connectivity index (χ2v) is 5.39. The van der Waals surface area contributed by atoms with Crippen LogP contribution in [0, 0.1) is 5.41 Å². The predicted octanol–water partition coefficient (Wildman–Crippen LogP) is 4.13. The van der Waals surface area contributed by atoms with Crippen molar-refractivity contribution in [3.63, 3.8) is 0 Å². The van der Waals surface area contributed by atoms with Crippen molar-refractivity contribution in [1.29, 1.82) is 0 Å². The molecule has 1 N–H and O–H groups in total. The van der Waals surface area contributed by atoms with Crippen molar-refractivity contribution in [3.05, 3.63) is 36.0 Å². The van der Waals surface area contributed by atoms with E-state index in [0.29, 0.717) is 5.41 Å². The molecule has 0 aliphatic carbocycles. The maximum absolute atomic E-state index is 3.57. The molecule has 2 heteroatoms. The van der Waals surface area contributed by atoms with Gasteiger partial charge in [0.2, 0.25) is 0 Å². The van der Waals surface area contributed by atoms with E-state index in [1.54, 1.807) is 0 Å². The summed E-state index contributed by atoms with van der Waals surface area (Å²) in [6.07, 6.45) is 3.23. The van der Waals surface area contributed by atoms with Gasteiger partial charge in [0.25, 0.3) is 0 Å². The number of benzene rings is 1. The van der Waals surface area contributed by atoms with Crippen LogP contribution in [0.25, 0.3) is 10.9 Å². The zero-order chi connectivity index (χ0) is 10.9. The second kappa shape index (κ2) is 4.01. The number of hydrogen-bond donors (Lipinski definition) is 1. The van der Waals surface area contributed by atoms with Crippen LogP contribution in [0.5, 0.6) is 0 Å².